The van der Waals surface area contributed by atoms with E-state index in [2.05, 4.69) is 47.1 Å². The molecule has 0 aliphatic carbocycles. The number of nitrogens with zero attached hydrogens (tertiary/aromatic N) is 2. The standard InChI is InChI=1S/C22H23N3O2/c1-14-9-10-19(11-15(14)2)25-16(3)12-18(17(25)4)13-23-24-22(27)20-7-5-6-8-21(20)26/h5-13,26H,1-4H3,(H,24,27)/b23-13+. The highest BCUT2D eigenvalue weighted by atomic mass is 16.3. The number of rotatable bonds is 4. The Balaban J connectivity index is 1.82. The summed E-state index contributed by atoms with van der Waals surface area (Å²) in [5.74, 6) is -0.523. The minimum atomic E-state index is -0.452. The molecule has 5 heteroatoms. The van der Waals surface area contributed by atoms with Crippen LogP contribution < -0.4 is 5.43 Å². The maximum Gasteiger partial charge on any atom is 0.275 e. The third-order valence-electron chi connectivity index (χ3n) is 4.74. The second kappa shape index (κ2) is 7.50. The zero-order chi connectivity index (χ0) is 19.6. The number of aromatic nitrogens is 1. The molecule has 0 aliphatic rings. The fourth-order valence-electron chi connectivity index (χ4n) is 3.07. The van der Waals surface area contributed by atoms with Crippen LogP contribution in [0, 0.1) is 27.7 Å². The highest BCUT2D eigenvalue weighted by molar-refractivity contribution is 5.97. The van der Waals surface area contributed by atoms with Crippen LogP contribution in [0.5, 0.6) is 5.75 Å². The lowest BCUT2D eigenvalue weighted by Gasteiger charge is -2.11. The van der Waals surface area contributed by atoms with Crippen molar-refractivity contribution in [3.8, 4) is 11.4 Å². The number of hydrazone groups is 1. The summed E-state index contributed by atoms with van der Waals surface area (Å²) in [7, 11) is 0. The molecule has 0 fully saturated rings. The van der Waals surface area contributed by atoms with Crippen molar-refractivity contribution < 1.29 is 9.90 Å². The normalized spacial score (nSPS) is 11.1. The van der Waals surface area contributed by atoms with Crippen LogP contribution in [-0.2, 0) is 0 Å². The second-order valence-electron chi connectivity index (χ2n) is 6.65. The molecule has 138 valence electrons. The Bertz CT molecular complexity index is 1030. The van der Waals surface area contributed by atoms with E-state index in [0.29, 0.717) is 0 Å². The van der Waals surface area contributed by atoms with Crippen molar-refractivity contribution in [2.75, 3.05) is 0 Å². The first-order valence-corrected chi connectivity index (χ1v) is 8.76. The first kappa shape index (κ1) is 18.5. The topological polar surface area (TPSA) is 66.6 Å². The molecule has 0 radical (unpaired) electrons. The van der Waals surface area contributed by atoms with Crippen molar-refractivity contribution in [3.63, 3.8) is 0 Å². The summed E-state index contributed by atoms with van der Waals surface area (Å²) < 4.78 is 2.17. The molecule has 2 aromatic carbocycles. The van der Waals surface area contributed by atoms with Crippen LogP contribution in [0.25, 0.3) is 5.69 Å². The number of hydrogen-bond donors (Lipinski definition) is 2. The van der Waals surface area contributed by atoms with Gasteiger partial charge in [0, 0.05) is 22.6 Å². The van der Waals surface area contributed by atoms with Gasteiger partial charge in [0.05, 0.1) is 11.8 Å². The van der Waals surface area contributed by atoms with Crippen LogP contribution in [0.1, 0.15) is 38.4 Å². The smallest absolute Gasteiger partial charge is 0.275 e. The van der Waals surface area contributed by atoms with E-state index in [-0.39, 0.29) is 11.3 Å². The Morgan fingerprint density at radius 2 is 1.78 bits per heavy atom. The minimum Gasteiger partial charge on any atom is -0.507 e. The molecule has 0 spiro atoms. The molecule has 0 bridgehead atoms. The van der Waals surface area contributed by atoms with Crippen LogP contribution in [0.4, 0.5) is 0 Å². The van der Waals surface area contributed by atoms with E-state index in [4.69, 9.17) is 0 Å². The van der Waals surface area contributed by atoms with Crippen molar-refractivity contribution in [1.29, 1.82) is 0 Å². The molecule has 1 aromatic heterocycles. The Morgan fingerprint density at radius 3 is 2.48 bits per heavy atom. The quantitative estimate of drug-likeness (QED) is 0.541. The number of carbonyl (C=O) groups is 1. The molecular weight excluding hydrogens is 338 g/mol. The third kappa shape index (κ3) is 3.77. The minimum absolute atomic E-state index is 0.0712. The van der Waals surface area contributed by atoms with Gasteiger partial charge in [-0.05, 0) is 69.2 Å². The number of phenolic OH excluding ortho intramolecular Hbond substituents is 1. The molecule has 0 saturated heterocycles. The zero-order valence-corrected chi connectivity index (χ0v) is 15.9. The molecule has 0 saturated carbocycles. The number of benzene rings is 2. The molecule has 0 unspecified atom stereocenters. The summed E-state index contributed by atoms with van der Waals surface area (Å²) in [6.07, 6.45) is 1.62. The van der Waals surface area contributed by atoms with Crippen molar-refractivity contribution >= 4 is 12.1 Å². The number of para-hydroxylation sites is 1. The van der Waals surface area contributed by atoms with Crippen LogP contribution in [0.2, 0.25) is 0 Å². The molecule has 0 aliphatic heterocycles. The van der Waals surface area contributed by atoms with Gasteiger partial charge in [0.15, 0.2) is 0 Å². The van der Waals surface area contributed by atoms with Crippen LogP contribution in [-0.4, -0.2) is 21.8 Å². The summed E-state index contributed by atoms with van der Waals surface area (Å²) >= 11 is 0. The summed E-state index contributed by atoms with van der Waals surface area (Å²) in [4.78, 5) is 12.1. The largest absolute Gasteiger partial charge is 0.507 e. The van der Waals surface area contributed by atoms with Gasteiger partial charge in [0.25, 0.3) is 5.91 Å². The Hall–Kier alpha value is -3.34. The van der Waals surface area contributed by atoms with Crippen LogP contribution >= 0.6 is 0 Å². The SMILES string of the molecule is Cc1ccc(-n2c(C)cc(/C=N/NC(=O)c3ccccc3O)c2C)cc1C. The summed E-state index contributed by atoms with van der Waals surface area (Å²) in [6, 6.07) is 14.8. The number of hydrogen-bond acceptors (Lipinski definition) is 3. The average molecular weight is 361 g/mol. The lowest BCUT2D eigenvalue weighted by molar-refractivity contribution is 0.0952. The molecular formula is C22H23N3O2. The highest BCUT2D eigenvalue weighted by Crippen LogP contribution is 2.22. The Morgan fingerprint density at radius 1 is 1.04 bits per heavy atom. The van der Waals surface area contributed by atoms with E-state index < -0.39 is 5.91 Å². The third-order valence-corrected chi connectivity index (χ3v) is 4.74. The van der Waals surface area contributed by atoms with Gasteiger partial charge < -0.3 is 9.67 Å². The van der Waals surface area contributed by atoms with Gasteiger partial charge in [0.1, 0.15) is 5.75 Å². The molecule has 27 heavy (non-hydrogen) atoms. The molecule has 5 nitrogen and oxygen atoms in total. The number of aryl methyl sites for hydroxylation is 3. The van der Waals surface area contributed by atoms with Gasteiger partial charge in [-0.2, -0.15) is 5.10 Å². The van der Waals surface area contributed by atoms with E-state index in [1.807, 2.05) is 19.9 Å². The van der Waals surface area contributed by atoms with Gasteiger partial charge in [-0.1, -0.05) is 18.2 Å². The van der Waals surface area contributed by atoms with Crippen LogP contribution in [0.15, 0.2) is 53.6 Å². The zero-order valence-electron chi connectivity index (χ0n) is 15.9. The van der Waals surface area contributed by atoms with E-state index in [1.54, 1.807) is 24.4 Å². The van der Waals surface area contributed by atoms with Gasteiger partial charge in [0.2, 0.25) is 0 Å². The van der Waals surface area contributed by atoms with Gasteiger partial charge in [-0.15, -0.1) is 0 Å². The van der Waals surface area contributed by atoms with Crippen molar-refractivity contribution in [2.45, 2.75) is 27.7 Å². The van der Waals surface area contributed by atoms with E-state index in [0.717, 1.165) is 22.6 Å². The van der Waals surface area contributed by atoms with Gasteiger partial charge >= 0.3 is 0 Å². The highest BCUT2D eigenvalue weighted by Gasteiger charge is 2.11. The summed E-state index contributed by atoms with van der Waals surface area (Å²) in [5, 5.41) is 13.8. The van der Waals surface area contributed by atoms with E-state index in [1.165, 1.54) is 17.2 Å². The predicted octanol–water partition coefficient (Wildman–Crippen LogP) is 4.18. The fourth-order valence-corrected chi connectivity index (χ4v) is 3.07. The maximum absolute atomic E-state index is 12.1. The molecule has 0 atom stereocenters. The van der Waals surface area contributed by atoms with Crippen molar-refractivity contribution in [2.24, 2.45) is 5.10 Å². The van der Waals surface area contributed by atoms with Crippen LogP contribution in [0.3, 0.4) is 0 Å². The first-order chi connectivity index (χ1) is 12.9. The lowest BCUT2D eigenvalue weighted by atomic mass is 10.1. The number of aromatic hydroxyl groups is 1. The monoisotopic (exact) mass is 361 g/mol. The second-order valence-corrected chi connectivity index (χ2v) is 6.65. The number of amides is 1. The molecule has 2 N–H and O–H groups in total. The average Bonchev–Trinajstić information content (AvgIpc) is 2.91. The molecule has 3 aromatic rings. The van der Waals surface area contributed by atoms with Crippen molar-refractivity contribution in [3.05, 3.63) is 82.2 Å². The van der Waals surface area contributed by atoms with Gasteiger partial charge in [-0.3, -0.25) is 4.79 Å². The van der Waals surface area contributed by atoms with Gasteiger partial charge in [-0.25, -0.2) is 5.43 Å². The number of carbonyl (C=O) groups excluding carboxylic acids is 1. The number of nitrogens with one attached hydrogen (secondary N) is 1. The summed E-state index contributed by atoms with van der Waals surface area (Å²) in [6.45, 7) is 8.26. The first-order valence-electron chi connectivity index (χ1n) is 8.76. The Kier molecular flexibility index (Phi) is 5.12. The predicted molar refractivity (Wildman–Crippen MR) is 108 cm³/mol. The summed E-state index contributed by atoms with van der Waals surface area (Å²) in [5.41, 5.74) is 9.30. The lowest BCUT2D eigenvalue weighted by Crippen LogP contribution is -2.17. The van der Waals surface area contributed by atoms with E-state index in [9.17, 15) is 9.90 Å². The molecule has 1 heterocycles. The number of phenols is 1. The molecule has 3 rings (SSSR count). The molecule has 1 amide bonds. The Labute approximate surface area is 159 Å². The maximum atomic E-state index is 12.1. The van der Waals surface area contributed by atoms with Crippen molar-refractivity contribution in [1.82, 2.24) is 9.99 Å². The fraction of sp³-hybridized carbons (Fsp3) is 0.182. The van der Waals surface area contributed by atoms with E-state index >= 15 is 0 Å².